The van der Waals surface area contributed by atoms with Gasteiger partial charge in [0.25, 0.3) is 0 Å². The molecule has 0 amide bonds. The number of aryl methyl sites for hydroxylation is 2. The zero-order valence-electron chi connectivity index (χ0n) is 10.2. The molecule has 0 aliphatic rings. The maximum atomic E-state index is 12.1. The third-order valence-electron chi connectivity index (χ3n) is 2.60. The normalized spacial score (nSPS) is 10.6. The molecule has 2 aromatic rings. The Kier molecular flexibility index (Phi) is 3.86. The van der Waals surface area contributed by atoms with Crippen molar-refractivity contribution < 1.29 is 4.79 Å². The van der Waals surface area contributed by atoms with Crippen molar-refractivity contribution in [3.8, 4) is 0 Å². The van der Waals surface area contributed by atoms with Crippen LogP contribution in [0.2, 0.25) is 0 Å². The molecule has 0 atom stereocenters. The van der Waals surface area contributed by atoms with Gasteiger partial charge in [-0.1, -0.05) is 0 Å². The van der Waals surface area contributed by atoms with E-state index < -0.39 is 0 Å². The number of ketones is 1. The minimum Gasteiger partial charge on any atom is -0.290 e. The van der Waals surface area contributed by atoms with Crippen molar-refractivity contribution in [2.24, 2.45) is 0 Å². The van der Waals surface area contributed by atoms with E-state index in [2.05, 4.69) is 31.0 Å². The Morgan fingerprint density at radius 3 is 2.67 bits per heavy atom. The molecule has 0 aliphatic heterocycles. The Morgan fingerprint density at radius 2 is 2.06 bits per heavy atom. The van der Waals surface area contributed by atoms with Gasteiger partial charge in [0.1, 0.15) is 0 Å². The maximum absolute atomic E-state index is 12.1. The first-order valence-corrected chi connectivity index (χ1v) is 6.44. The zero-order valence-corrected chi connectivity index (χ0v) is 11.8. The molecule has 94 valence electrons. The van der Waals surface area contributed by atoms with E-state index in [-0.39, 0.29) is 18.0 Å². The molecule has 0 unspecified atom stereocenters. The Hall–Kier alpha value is -1.56. The van der Waals surface area contributed by atoms with Crippen LogP contribution in [0.4, 0.5) is 0 Å². The number of nitrogens with zero attached hydrogens (tertiary/aromatic N) is 4. The smallest absolute Gasteiger partial charge is 0.205 e. The van der Waals surface area contributed by atoms with Gasteiger partial charge in [0, 0.05) is 18.9 Å². The molecule has 0 aliphatic carbocycles. The van der Waals surface area contributed by atoms with Crippen molar-refractivity contribution in [3.05, 3.63) is 40.1 Å². The van der Waals surface area contributed by atoms with Gasteiger partial charge in [0.15, 0.2) is 5.82 Å². The number of halogens is 1. The first kappa shape index (κ1) is 12.9. The summed E-state index contributed by atoms with van der Waals surface area (Å²) in [6.45, 7) is 4.62. The zero-order chi connectivity index (χ0) is 13.1. The summed E-state index contributed by atoms with van der Waals surface area (Å²) in [4.78, 5) is 20.0. The third-order valence-corrected chi connectivity index (χ3v) is 3.63. The van der Waals surface area contributed by atoms with Crippen LogP contribution in [0.3, 0.4) is 0 Å². The van der Waals surface area contributed by atoms with Crippen LogP contribution in [0.1, 0.15) is 28.9 Å². The molecule has 0 aromatic carbocycles. The first-order valence-electron chi connectivity index (χ1n) is 5.65. The molecule has 18 heavy (non-hydrogen) atoms. The van der Waals surface area contributed by atoms with Crippen LogP contribution in [0.25, 0.3) is 0 Å². The highest BCUT2D eigenvalue weighted by atomic mass is 79.9. The number of Topliss-reactive ketones (excluding diaryl/α,β-unsaturated/α-hetero) is 1. The van der Waals surface area contributed by atoms with E-state index in [9.17, 15) is 4.79 Å². The molecular weight excluding hydrogens is 296 g/mol. The van der Waals surface area contributed by atoms with E-state index in [1.54, 1.807) is 18.5 Å². The average molecular weight is 309 g/mol. The monoisotopic (exact) mass is 308 g/mol. The molecule has 0 spiro atoms. The Morgan fingerprint density at radius 1 is 1.39 bits per heavy atom. The summed E-state index contributed by atoms with van der Waals surface area (Å²) in [6.07, 6.45) is 3.38. The predicted molar refractivity (Wildman–Crippen MR) is 70.4 cm³/mol. The summed E-state index contributed by atoms with van der Waals surface area (Å²) in [6, 6.07) is 1.69. The van der Waals surface area contributed by atoms with Gasteiger partial charge in [-0.15, -0.1) is 0 Å². The quantitative estimate of drug-likeness (QED) is 0.812. The predicted octanol–water partition coefficient (Wildman–Crippen LogP) is 2.19. The molecule has 0 N–H and O–H groups in total. The lowest BCUT2D eigenvalue weighted by atomic mass is 10.2. The maximum Gasteiger partial charge on any atom is 0.205 e. The van der Waals surface area contributed by atoms with Gasteiger partial charge in [-0.25, -0.2) is 9.97 Å². The van der Waals surface area contributed by atoms with E-state index in [4.69, 9.17) is 0 Å². The van der Waals surface area contributed by atoms with Gasteiger partial charge in [-0.05, 0) is 35.8 Å². The fourth-order valence-corrected chi connectivity index (χ4v) is 2.14. The Bertz CT molecular complexity index is 565. The third kappa shape index (κ3) is 2.48. The summed E-state index contributed by atoms with van der Waals surface area (Å²) in [5.74, 6) is 0.136. The average Bonchev–Trinajstić information content (AvgIpc) is 2.67. The van der Waals surface area contributed by atoms with Crippen LogP contribution < -0.4 is 0 Å². The lowest BCUT2D eigenvalue weighted by molar-refractivity contribution is 0.0980. The highest BCUT2D eigenvalue weighted by Gasteiger charge is 2.17. The van der Waals surface area contributed by atoms with Crippen molar-refractivity contribution in [2.45, 2.75) is 26.8 Å². The van der Waals surface area contributed by atoms with E-state index in [1.165, 1.54) is 0 Å². The number of hydrogen-bond acceptors (Lipinski definition) is 4. The molecule has 0 bridgehead atoms. The fraction of sp³-hybridized carbons (Fsp3) is 0.333. The van der Waals surface area contributed by atoms with E-state index >= 15 is 0 Å². The highest BCUT2D eigenvalue weighted by Crippen LogP contribution is 2.22. The first-order chi connectivity index (χ1) is 8.63. The van der Waals surface area contributed by atoms with Crippen molar-refractivity contribution >= 4 is 21.7 Å². The van der Waals surface area contributed by atoms with Crippen molar-refractivity contribution in [2.75, 3.05) is 0 Å². The molecule has 0 saturated carbocycles. The van der Waals surface area contributed by atoms with Crippen molar-refractivity contribution in [1.82, 2.24) is 19.7 Å². The second kappa shape index (κ2) is 5.39. The molecule has 6 heteroatoms. The van der Waals surface area contributed by atoms with Crippen LogP contribution >= 0.6 is 15.9 Å². The number of carbonyl (C=O) groups is 1. The Balaban J connectivity index is 2.27. The van der Waals surface area contributed by atoms with E-state index in [0.29, 0.717) is 0 Å². The molecule has 0 saturated heterocycles. The van der Waals surface area contributed by atoms with Crippen LogP contribution in [0.15, 0.2) is 22.9 Å². The van der Waals surface area contributed by atoms with Gasteiger partial charge >= 0.3 is 0 Å². The summed E-state index contributed by atoms with van der Waals surface area (Å²) >= 11 is 3.47. The fourth-order valence-electron chi connectivity index (χ4n) is 1.71. The van der Waals surface area contributed by atoms with Gasteiger partial charge < -0.3 is 0 Å². The van der Waals surface area contributed by atoms with E-state index in [0.717, 1.165) is 22.4 Å². The van der Waals surface area contributed by atoms with Gasteiger partial charge in [0.2, 0.25) is 5.78 Å². The molecule has 0 fully saturated rings. The minimum atomic E-state index is -0.106. The van der Waals surface area contributed by atoms with Gasteiger partial charge in [-0.3, -0.25) is 9.48 Å². The van der Waals surface area contributed by atoms with Crippen LogP contribution in [-0.2, 0) is 13.0 Å². The van der Waals surface area contributed by atoms with Gasteiger partial charge in [-0.2, -0.15) is 5.10 Å². The number of aromatic nitrogens is 4. The van der Waals surface area contributed by atoms with Crippen molar-refractivity contribution in [1.29, 1.82) is 0 Å². The minimum absolute atomic E-state index is 0.106. The van der Waals surface area contributed by atoms with Gasteiger partial charge in [0.05, 0.1) is 22.3 Å². The highest BCUT2D eigenvalue weighted by molar-refractivity contribution is 9.10. The Labute approximate surface area is 113 Å². The van der Waals surface area contributed by atoms with E-state index in [1.807, 2.05) is 18.5 Å². The summed E-state index contributed by atoms with van der Waals surface area (Å²) < 4.78 is 2.70. The van der Waals surface area contributed by atoms with Crippen LogP contribution in [0, 0.1) is 6.92 Å². The SMILES string of the molecule is CCn1nc(C)c(Br)c1CC(=O)c1ncccn1. The van der Waals surface area contributed by atoms with Crippen molar-refractivity contribution in [3.63, 3.8) is 0 Å². The summed E-state index contributed by atoms with van der Waals surface area (Å²) in [7, 11) is 0. The molecule has 2 rings (SSSR count). The number of carbonyl (C=O) groups excluding carboxylic acids is 1. The number of hydrogen-bond donors (Lipinski definition) is 0. The molecule has 2 heterocycles. The summed E-state index contributed by atoms with van der Waals surface area (Å²) in [5.41, 5.74) is 1.75. The number of rotatable bonds is 4. The molecule has 5 nitrogen and oxygen atoms in total. The molecule has 2 aromatic heterocycles. The topological polar surface area (TPSA) is 60.7 Å². The standard InChI is InChI=1S/C12H13BrN4O/c1-3-17-9(11(13)8(2)16-17)7-10(18)12-14-5-4-6-15-12/h4-6H,3,7H2,1-2H3. The second-order valence-electron chi connectivity index (χ2n) is 3.83. The largest absolute Gasteiger partial charge is 0.290 e. The van der Waals surface area contributed by atoms with Crippen LogP contribution in [0.5, 0.6) is 0 Å². The lowest BCUT2D eigenvalue weighted by Crippen LogP contribution is -2.12. The lowest BCUT2D eigenvalue weighted by Gasteiger charge is -2.04. The molecular formula is C12H13BrN4O. The van der Waals surface area contributed by atoms with Crippen LogP contribution in [-0.4, -0.2) is 25.5 Å². The second-order valence-corrected chi connectivity index (χ2v) is 4.63. The summed E-state index contributed by atoms with van der Waals surface area (Å²) in [5, 5.41) is 4.35. The molecule has 0 radical (unpaired) electrons.